The fourth-order valence-electron chi connectivity index (χ4n) is 11.6. The van der Waals surface area contributed by atoms with Crippen LogP contribution in [0, 0.1) is 24.7 Å². The predicted octanol–water partition coefficient (Wildman–Crippen LogP) is 5.35. The maximum atomic E-state index is 15.0. The maximum absolute atomic E-state index is 15.0. The number of hydrogen-bond acceptors (Lipinski definition) is 17. The molecule has 3 amide bonds. The summed E-state index contributed by atoms with van der Waals surface area (Å²) in [4.78, 5) is 58.4. The predicted molar refractivity (Wildman–Crippen MR) is 292 cm³/mol. The minimum atomic E-state index is -1.94. The number of aliphatic hydroxyl groups excluding tert-OH is 1. The third kappa shape index (κ3) is 16.8. The van der Waals surface area contributed by atoms with E-state index in [1.165, 1.54) is 14.0 Å². The second-order valence-corrected chi connectivity index (χ2v) is 23.1. The molecule has 3 heterocycles. The zero-order valence-corrected chi connectivity index (χ0v) is 48.9. The molecule has 78 heavy (non-hydrogen) atoms. The summed E-state index contributed by atoms with van der Waals surface area (Å²) in [7, 11) is 7.06. The number of likely N-dealkylation sites (N-methyl/N-ethyl adjacent to an activating group) is 2. The molecule has 0 aliphatic carbocycles. The van der Waals surface area contributed by atoms with E-state index < -0.39 is 108 Å². The van der Waals surface area contributed by atoms with Gasteiger partial charge in [-0.1, -0.05) is 68.8 Å². The van der Waals surface area contributed by atoms with E-state index in [0.717, 1.165) is 11.1 Å². The van der Waals surface area contributed by atoms with E-state index >= 15 is 0 Å². The molecule has 5 rings (SSSR count). The van der Waals surface area contributed by atoms with Crippen LogP contribution in [0.15, 0.2) is 54.6 Å². The Hall–Kier alpha value is -4.48. The van der Waals surface area contributed by atoms with Gasteiger partial charge in [0.1, 0.15) is 23.4 Å². The average molecular weight is 1100 g/mol. The smallest absolute Gasteiger partial charge is 0.407 e. The SMILES string of the molecule is CC[C@H]1OC(=O)[C@H](C)[C@@H](O[C@H]2C[C@@](C)(OC)[C@@H](OC(=O)NCCNC(=O)c3ccc(C)cc3)[C@H](C)O2)[C@H](C)[C@@H](O[C@@H]2O[C@H](C)C[C@H](N(C)C)[C@H]2O)[C@](C)(O)C[C@@H](C)CN(C)[C@H](C)[C@@H](OC(=O)NCCc2ccccc2)[C@]1(C)O. The number of benzene rings is 2. The Bertz CT molecular complexity index is 2220. The lowest BCUT2D eigenvalue weighted by atomic mass is 9.77. The van der Waals surface area contributed by atoms with Crippen molar-refractivity contribution in [1.29, 1.82) is 0 Å². The van der Waals surface area contributed by atoms with Crippen molar-refractivity contribution in [3.05, 3.63) is 71.3 Å². The molecule has 0 unspecified atom stereocenters. The zero-order chi connectivity index (χ0) is 57.9. The van der Waals surface area contributed by atoms with Crippen LogP contribution in [0.5, 0.6) is 0 Å². The molecule has 3 aliphatic rings. The van der Waals surface area contributed by atoms with Crippen LogP contribution in [0.4, 0.5) is 9.59 Å². The van der Waals surface area contributed by atoms with Crippen LogP contribution in [0.1, 0.15) is 116 Å². The van der Waals surface area contributed by atoms with E-state index in [1.54, 1.807) is 53.7 Å². The number of hydrogen-bond donors (Lipinski definition) is 6. The highest BCUT2D eigenvalue weighted by Crippen LogP contribution is 2.41. The highest BCUT2D eigenvalue weighted by atomic mass is 16.7. The number of aliphatic hydroxyl groups is 3. The lowest BCUT2D eigenvalue weighted by molar-refractivity contribution is -0.317. The number of carbonyl (C=O) groups is 4. The Morgan fingerprint density at radius 1 is 0.821 bits per heavy atom. The minimum absolute atomic E-state index is 0.00222. The number of esters is 1. The number of aryl methyl sites for hydroxylation is 1. The van der Waals surface area contributed by atoms with Gasteiger partial charge in [-0.15, -0.1) is 0 Å². The third-order valence-corrected chi connectivity index (χ3v) is 16.1. The lowest BCUT2D eigenvalue weighted by Gasteiger charge is -2.49. The number of methoxy groups -OCH3 is 1. The first kappa shape index (κ1) is 64.3. The number of carbonyl (C=O) groups excluding carboxylic acids is 4. The Kier molecular flexibility index (Phi) is 23.3. The standard InChI is InChI=1S/C58H93N5O15/c1-16-44-58(11,70)49(77-54(67)60-27-26-41-20-18-17-19-21-41)39(7)63(14)33-35(3)31-56(9,69)48(76-53-46(64)43(62(12)13)30-36(4)72-53)37(5)47(38(6)52(66)74-44)75-45-32-57(10,71-15)50(40(8)73-45)78-55(68)61-29-28-59-51(65)42-24-22-34(2)23-25-42/h17-25,35-40,43-50,53,64,69-70H,16,26-33H2,1-15H3,(H,59,65)(H,60,67)(H,61,68)/t35-,36-,37+,38-,39-,40+,43+,44-,45+,46-,47+,48-,49-,50+,53+,56-,57-,58-/m1/s1. The van der Waals surface area contributed by atoms with Crippen LogP contribution in [-0.4, -0.2) is 194 Å². The first-order valence-corrected chi connectivity index (χ1v) is 27.8. The fraction of sp³-hybridized carbons (Fsp3) is 0.724. The van der Waals surface area contributed by atoms with Gasteiger partial charge in [-0.2, -0.15) is 0 Å². The van der Waals surface area contributed by atoms with Gasteiger partial charge in [-0.3, -0.25) is 14.5 Å². The second-order valence-electron chi connectivity index (χ2n) is 23.1. The molecule has 440 valence electrons. The number of alkyl carbamates (subject to hydrolysis) is 2. The summed E-state index contributed by atoms with van der Waals surface area (Å²) in [5.74, 6) is -3.35. The maximum Gasteiger partial charge on any atom is 0.407 e. The highest BCUT2D eigenvalue weighted by Gasteiger charge is 2.54. The topological polar surface area (TPSA) is 245 Å². The Balaban J connectivity index is 1.46. The van der Waals surface area contributed by atoms with Gasteiger partial charge in [-0.25, -0.2) is 9.59 Å². The van der Waals surface area contributed by atoms with Gasteiger partial charge in [0.15, 0.2) is 24.8 Å². The van der Waals surface area contributed by atoms with Gasteiger partial charge in [0.25, 0.3) is 5.91 Å². The van der Waals surface area contributed by atoms with Gasteiger partial charge >= 0.3 is 18.2 Å². The minimum Gasteiger partial charge on any atom is -0.459 e. The molecular weight excluding hydrogens is 1010 g/mol. The first-order valence-electron chi connectivity index (χ1n) is 27.8. The average Bonchev–Trinajstić information content (AvgIpc) is 3.43. The van der Waals surface area contributed by atoms with Gasteiger partial charge < -0.3 is 74.1 Å². The number of ether oxygens (including phenoxy) is 8. The lowest BCUT2D eigenvalue weighted by Crippen LogP contribution is -2.61. The monoisotopic (exact) mass is 1100 g/mol. The number of rotatable bonds is 16. The number of nitrogens with one attached hydrogen (secondary N) is 3. The largest absolute Gasteiger partial charge is 0.459 e. The zero-order valence-electron chi connectivity index (χ0n) is 48.9. The van der Waals surface area contributed by atoms with Crippen LogP contribution in [0.2, 0.25) is 0 Å². The summed E-state index contributed by atoms with van der Waals surface area (Å²) in [5, 5.41) is 45.8. The normalized spacial score (nSPS) is 36.6. The molecule has 0 radical (unpaired) electrons. The van der Waals surface area contributed by atoms with Crippen LogP contribution in [-0.2, 0) is 49.1 Å². The Morgan fingerprint density at radius 2 is 1.44 bits per heavy atom. The molecule has 20 heteroatoms. The van der Waals surface area contributed by atoms with Crippen LogP contribution < -0.4 is 16.0 Å². The second kappa shape index (κ2) is 28.3. The molecule has 0 aromatic heterocycles. The molecule has 6 N–H and O–H groups in total. The van der Waals surface area contributed by atoms with E-state index in [0.29, 0.717) is 24.9 Å². The molecule has 0 bridgehead atoms. The summed E-state index contributed by atoms with van der Waals surface area (Å²) in [6.45, 7) is 20.3. The van der Waals surface area contributed by atoms with E-state index in [1.807, 2.05) is 101 Å². The molecule has 0 saturated carbocycles. The molecule has 2 aromatic rings. The Labute approximate surface area is 462 Å². The van der Waals surface area contributed by atoms with Gasteiger partial charge in [0.2, 0.25) is 0 Å². The van der Waals surface area contributed by atoms with Crippen molar-refractivity contribution in [3.8, 4) is 0 Å². The van der Waals surface area contributed by atoms with Crippen LogP contribution in [0.3, 0.4) is 0 Å². The van der Waals surface area contributed by atoms with Crippen molar-refractivity contribution in [2.75, 3.05) is 54.4 Å². The van der Waals surface area contributed by atoms with Gasteiger partial charge in [0.05, 0.1) is 35.9 Å². The summed E-state index contributed by atoms with van der Waals surface area (Å²) in [5.41, 5.74) is -2.30. The summed E-state index contributed by atoms with van der Waals surface area (Å²) in [6.07, 6.45) is -10.5. The summed E-state index contributed by atoms with van der Waals surface area (Å²) >= 11 is 0. The van der Waals surface area contributed by atoms with Gasteiger partial charge in [-0.05, 0) is 126 Å². The van der Waals surface area contributed by atoms with Crippen LogP contribution >= 0.6 is 0 Å². The van der Waals surface area contributed by atoms with Crippen molar-refractivity contribution in [1.82, 2.24) is 25.8 Å². The number of nitrogens with zero attached hydrogens (tertiary/aromatic N) is 2. The van der Waals surface area contributed by atoms with E-state index in [4.69, 9.17) is 37.9 Å². The quantitative estimate of drug-likeness (QED) is 0.0705. The van der Waals surface area contributed by atoms with Crippen LogP contribution in [0.25, 0.3) is 0 Å². The van der Waals surface area contributed by atoms with Crippen molar-refractivity contribution >= 4 is 24.1 Å². The van der Waals surface area contributed by atoms with E-state index in [-0.39, 0.29) is 62.9 Å². The van der Waals surface area contributed by atoms with Crippen molar-refractivity contribution in [2.24, 2.45) is 17.8 Å². The number of cyclic esters (lactones) is 1. The van der Waals surface area contributed by atoms with E-state index in [9.17, 15) is 34.5 Å². The molecule has 2 aromatic carbocycles. The summed E-state index contributed by atoms with van der Waals surface area (Å²) < 4.78 is 51.2. The molecule has 20 nitrogen and oxygen atoms in total. The van der Waals surface area contributed by atoms with Gasteiger partial charge in [0, 0.05) is 63.3 Å². The molecule has 3 saturated heterocycles. The van der Waals surface area contributed by atoms with Crippen molar-refractivity contribution in [2.45, 2.75) is 199 Å². The fourth-order valence-corrected chi connectivity index (χ4v) is 11.6. The summed E-state index contributed by atoms with van der Waals surface area (Å²) in [6, 6.07) is 15.8. The van der Waals surface area contributed by atoms with Crippen molar-refractivity contribution < 1.29 is 72.4 Å². The molecule has 3 fully saturated rings. The van der Waals surface area contributed by atoms with E-state index in [2.05, 4.69) is 16.0 Å². The number of amides is 3. The van der Waals surface area contributed by atoms with Crippen molar-refractivity contribution in [3.63, 3.8) is 0 Å². The Morgan fingerprint density at radius 3 is 2.05 bits per heavy atom. The molecule has 0 spiro atoms. The third-order valence-electron chi connectivity index (χ3n) is 16.1. The molecular formula is C58H93N5O15. The first-order chi connectivity index (χ1) is 36.6. The highest BCUT2D eigenvalue weighted by molar-refractivity contribution is 5.94. The molecule has 18 atom stereocenters. The molecule has 3 aliphatic heterocycles.